The first-order chi connectivity index (χ1) is 10.0. The summed E-state index contributed by atoms with van der Waals surface area (Å²) in [6.45, 7) is -0.0483. The molecule has 1 aliphatic carbocycles. The van der Waals surface area contributed by atoms with E-state index >= 15 is 0 Å². The first kappa shape index (κ1) is 16.4. The van der Waals surface area contributed by atoms with E-state index in [4.69, 9.17) is 0 Å². The molecule has 0 unspecified atom stereocenters. The van der Waals surface area contributed by atoms with Gasteiger partial charge in [-0.2, -0.15) is 4.31 Å². The van der Waals surface area contributed by atoms with Crippen LogP contribution in [0.3, 0.4) is 0 Å². The fourth-order valence-corrected chi connectivity index (χ4v) is 4.69. The van der Waals surface area contributed by atoms with Crippen molar-refractivity contribution in [2.45, 2.75) is 43.9 Å². The lowest BCUT2D eigenvalue weighted by molar-refractivity contribution is 0.199. The Morgan fingerprint density at radius 2 is 1.76 bits per heavy atom. The quantitative estimate of drug-likeness (QED) is 0.876. The lowest BCUT2D eigenvalue weighted by Gasteiger charge is -2.33. The number of rotatable bonds is 6. The highest BCUT2D eigenvalue weighted by Gasteiger charge is 2.30. The Bertz CT molecular complexity index is 539. The van der Waals surface area contributed by atoms with Crippen molar-refractivity contribution in [1.29, 1.82) is 0 Å². The maximum atomic E-state index is 12.9. The molecule has 1 aliphatic rings. The van der Waals surface area contributed by atoms with Crippen molar-refractivity contribution in [2.75, 3.05) is 13.2 Å². The summed E-state index contributed by atoms with van der Waals surface area (Å²) >= 11 is 0. The highest BCUT2D eigenvalue weighted by molar-refractivity contribution is 7.88. The van der Waals surface area contributed by atoms with E-state index in [1.54, 1.807) is 0 Å². The van der Waals surface area contributed by atoms with Gasteiger partial charge in [-0.25, -0.2) is 12.8 Å². The Kier molecular flexibility index (Phi) is 5.72. The average Bonchev–Trinajstić information content (AvgIpc) is 2.48. The summed E-state index contributed by atoms with van der Waals surface area (Å²) in [5, 5.41) is 9.18. The zero-order valence-electron chi connectivity index (χ0n) is 12.0. The van der Waals surface area contributed by atoms with E-state index in [9.17, 15) is 17.9 Å². The largest absolute Gasteiger partial charge is 0.395 e. The Labute approximate surface area is 125 Å². The molecule has 118 valence electrons. The fourth-order valence-electron chi connectivity index (χ4n) is 2.89. The first-order valence-electron chi connectivity index (χ1n) is 7.38. The highest BCUT2D eigenvalue weighted by atomic mass is 32.2. The molecule has 0 heterocycles. The third-order valence-corrected chi connectivity index (χ3v) is 5.82. The summed E-state index contributed by atoms with van der Waals surface area (Å²) in [5.74, 6) is -0.528. The smallest absolute Gasteiger partial charge is 0.218 e. The molecule has 1 fully saturated rings. The minimum Gasteiger partial charge on any atom is -0.395 e. The zero-order chi connectivity index (χ0) is 15.3. The third kappa shape index (κ3) is 4.49. The second-order valence-electron chi connectivity index (χ2n) is 5.51. The molecule has 1 aromatic carbocycles. The van der Waals surface area contributed by atoms with Crippen LogP contribution in [0, 0.1) is 5.82 Å². The van der Waals surface area contributed by atoms with Gasteiger partial charge in [-0.15, -0.1) is 0 Å². The number of aliphatic hydroxyl groups excluding tert-OH is 1. The van der Waals surface area contributed by atoms with Crippen LogP contribution in [-0.4, -0.2) is 37.0 Å². The average molecular weight is 315 g/mol. The summed E-state index contributed by atoms with van der Waals surface area (Å²) < 4.78 is 39.5. The van der Waals surface area contributed by atoms with Gasteiger partial charge in [0, 0.05) is 12.6 Å². The molecule has 6 heteroatoms. The second kappa shape index (κ2) is 7.33. The minimum absolute atomic E-state index is 0.0173. The fraction of sp³-hybridized carbons (Fsp3) is 0.600. The molecule has 0 bridgehead atoms. The molecule has 1 N–H and O–H groups in total. The van der Waals surface area contributed by atoms with Gasteiger partial charge >= 0.3 is 0 Å². The topological polar surface area (TPSA) is 57.6 Å². The van der Waals surface area contributed by atoms with E-state index in [0.717, 1.165) is 32.1 Å². The van der Waals surface area contributed by atoms with E-state index in [1.165, 1.54) is 28.6 Å². The van der Waals surface area contributed by atoms with Crippen molar-refractivity contribution in [3.05, 3.63) is 35.6 Å². The van der Waals surface area contributed by atoms with E-state index < -0.39 is 10.0 Å². The van der Waals surface area contributed by atoms with Crippen LogP contribution in [0.15, 0.2) is 24.3 Å². The van der Waals surface area contributed by atoms with Crippen LogP contribution in [0.2, 0.25) is 0 Å². The Hall–Kier alpha value is -0.980. The Morgan fingerprint density at radius 3 is 2.33 bits per heavy atom. The molecule has 0 radical (unpaired) electrons. The van der Waals surface area contributed by atoms with Crippen LogP contribution in [-0.2, 0) is 15.8 Å². The molecule has 0 aliphatic heterocycles. The third-order valence-electron chi connectivity index (χ3n) is 3.92. The molecular formula is C15H22FNO3S. The van der Waals surface area contributed by atoms with Gasteiger partial charge in [0.25, 0.3) is 0 Å². The second-order valence-corrected chi connectivity index (χ2v) is 7.43. The van der Waals surface area contributed by atoms with Gasteiger partial charge in [0.2, 0.25) is 10.0 Å². The Balaban J connectivity index is 2.14. The lowest BCUT2D eigenvalue weighted by Crippen LogP contribution is -2.43. The number of benzene rings is 1. The zero-order valence-corrected chi connectivity index (χ0v) is 12.9. The molecule has 0 spiro atoms. The van der Waals surface area contributed by atoms with Crippen LogP contribution in [0.1, 0.15) is 37.7 Å². The molecule has 2 rings (SSSR count). The van der Waals surface area contributed by atoms with Crippen LogP contribution >= 0.6 is 0 Å². The Morgan fingerprint density at radius 1 is 1.14 bits per heavy atom. The van der Waals surface area contributed by atoms with E-state index in [0.29, 0.717) is 5.56 Å². The van der Waals surface area contributed by atoms with Crippen molar-refractivity contribution in [3.8, 4) is 0 Å². The number of hydrogen-bond acceptors (Lipinski definition) is 3. The molecule has 0 atom stereocenters. The molecule has 0 amide bonds. The van der Waals surface area contributed by atoms with Crippen molar-refractivity contribution in [1.82, 2.24) is 4.31 Å². The summed E-state index contributed by atoms with van der Waals surface area (Å²) in [5.41, 5.74) is 0.565. The van der Waals surface area contributed by atoms with Crippen LogP contribution in [0.5, 0.6) is 0 Å². The predicted octanol–water partition coefficient (Wildman–Crippen LogP) is 2.28. The molecule has 21 heavy (non-hydrogen) atoms. The number of nitrogens with zero attached hydrogens (tertiary/aromatic N) is 1. The monoisotopic (exact) mass is 315 g/mol. The maximum Gasteiger partial charge on any atom is 0.218 e. The number of sulfonamides is 1. The van der Waals surface area contributed by atoms with Crippen molar-refractivity contribution in [2.24, 2.45) is 0 Å². The molecule has 1 saturated carbocycles. The van der Waals surface area contributed by atoms with Crippen molar-refractivity contribution >= 4 is 10.0 Å². The molecule has 4 nitrogen and oxygen atoms in total. The predicted molar refractivity (Wildman–Crippen MR) is 79.7 cm³/mol. The standard InChI is InChI=1S/C15H22FNO3S/c16-14-8-6-13(7-9-14)12-21(19,20)17(10-11-18)15-4-2-1-3-5-15/h6-9,15,18H,1-5,10-12H2. The van der Waals surface area contributed by atoms with Gasteiger partial charge in [-0.3, -0.25) is 0 Å². The number of aliphatic hydroxyl groups is 1. The van der Waals surface area contributed by atoms with Gasteiger partial charge in [-0.1, -0.05) is 31.4 Å². The van der Waals surface area contributed by atoms with Crippen molar-refractivity contribution < 1.29 is 17.9 Å². The summed E-state index contributed by atoms with van der Waals surface area (Å²) in [6.07, 6.45) is 4.89. The van der Waals surface area contributed by atoms with Gasteiger partial charge in [0.05, 0.1) is 12.4 Å². The molecule has 0 saturated heterocycles. The first-order valence-corrected chi connectivity index (χ1v) is 8.98. The van der Waals surface area contributed by atoms with E-state index in [2.05, 4.69) is 0 Å². The number of halogens is 1. The molecule has 1 aromatic rings. The summed E-state index contributed by atoms with van der Waals surface area (Å²) in [4.78, 5) is 0. The van der Waals surface area contributed by atoms with E-state index in [-0.39, 0.29) is 30.8 Å². The normalized spacial score (nSPS) is 17.3. The van der Waals surface area contributed by atoms with Gasteiger partial charge in [-0.05, 0) is 30.5 Å². The maximum absolute atomic E-state index is 12.9. The molecular weight excluding hydrogens is 293 g/mol. The van der Waals surface area contributed by atoms with Gasteiger partial charge in [0.1, 0.15) is 5.82 Å². The highest BCUT2D eigenvalue weighted by Crippen LogP contribution is 2.26. The van der Waals surface area contributed by atoms with Crippen LogP contribution in [0.25, 0.3) is 0 Å². The summed E-state index contributed by atoms with van der Waals surface area (Å²) in [7, 11) is -3.50. The number of hydrogen-bond donors (Lipinski definition) is 1. The van der Waals surface area contributed by atoms with Gasteiger partial charge in [0.15, 0.2) is 0 Å². The van der Waals surface area contributed by atoms with E-state index in [1.807, 2.05) is 0 Å². The van der Waals surface area contributed by atoms with Gasteiger partial charge < -0.3 is 5.11 Å². The van der Waals surface area contributed by atoms with Crippen LogP contribution in [0.4, 0.5) is 4.39 Å². The SMILES string of the molecule is O=S(=O)(Cc1ccc(F)cc1)N(CCO)C1CCCCC1. The minimum atomic E-state index is -3.50. The molecule has 0 aromatic heterocycles. The van der Waals surface area contributed by atoms with Crippen LogP contribution < -0.4 is 0 Å². The summed E-state index contributed by atoms with van der Waals surface area (Å²) in [6, 6.07) is 5.50. The lowest BCUT2D eigenvalue weighted by atomic mass is 9.95. The van der Waals surface area contributed by atoms with Crippen molar-refractivity contribution in [3.63, 3.8) is 0 Å².